The fourth-order valence-corrected chi connectivity index (χ4v) is 2.23. The zero-order valence-corrected chi connectivity index (χ0v) is 11.7. The van der Waals surface area contributed by atoms with Gasteiger partial charge in [0.25, 0.3) is 0 Å². The van der Waals surface area contributed by atoms with E-state index >= 15 is 0 Å². The van der Waals surface area contributed by atoms with E-state index in [2.05, 4.69) is 20.7 Å². The summed E-state index contributed by atoms with van der Waals surface area (Å²) in [7, 11) is 0. The van der Waals surface area contributed by atoms with Crippen LogP contribution in [0, 0.1) is 5.82 Å². The Hall–Kier alpha value is -1.34. The van der Waals surface area contributed by atoms with Crippen molar-refractivity contribution in [2.24, 2.45) is 0 Å². The molecular weight excluding hydrogens is 323 g/mol. The second-order valence-corrected chi connectivity index (χ2v) is 4.57. The summed E-state index contributed by atoms with van der Waals surface area (Å²) in [6.07, 6.45) is -1.70. The van der Waals surface area contributed by atoms with Crippen molar-refractivity contribution in [2.45, 2.75) is 13.0 Å². The van der Waals surface area contributed by atoms with Crippen molar-refractivity contribution in [1.29, 1.82) is 0 Å². The first-order chi connectivity index (χ1) is 9.06. The first-order valence-electron chi connectivity index (χ1n) is 5.68. The Labute approximate surface area is 117 Å². The zero-order valence-electron chi connectivity index (χ0n) is 10.1. The first-order valence-corrected chi connectivity index (χ1v) is 6.47. The van der Waals surface area contributed by atoms with Crippen molar-refractivity contribution < 1.29 is 28.5 Å². The lowest BCUT2D eigenvalue weighted by Gasteiger charge is -2.22. The van der Waals surface area contributed by atoms with Crippen LogP contribution in [0.5, 0.6) is 11.5 Å². The maximum atomic E-state index is 14.1. The molecule has 1 N–H and O–H groups in total. The number of benzene rings is 1. The molecule has 2 rings (SSSR count). The largest absolute Gasteiger partial charge is 0.486 e. The predicted molar refractivity (Wildman–Crippen MR) is 66.7 cm³/mol. The molecule has 7 heteroatoms. The van der Waals surface area contributed by atoms with E-state index in [1.54, 1.807) is 6.92 Å². The van der Waals surface area contributed by atoms with E-state index in [0.717, 1.165) is 0 Å². The van der Waals surface area contributed by atoms with Crippen LogP contribution in [0.1, 0.15) is 18.6 Å². The SMILES string of the molecule is CCOC(=O)C(O)c1cc2c(c(Br)c1F)OCCO2. The first kappa shape index (κ1) is 14.1. The number of aliphatic hydroxyl groups is 1. The van der Waals surface area contributed by atoms with Crippen molar-refractivity contribution in [1.82, 2.24) is 0 Å². The third kappa shape index (κ3) is 2.66. The van der Waals surface area contributed by atoms with Crippen LogP contribution in [0.2, 0.25) is 0 Å². The van der Waals surface area contributed by atoms with E-state index in [4.69, 9.17) is 9.47 Å². The van der Waals surface area contributed by atoms with Crippen LogP contribution in [0.4, 0.5) is 4.39 Å². The number of aliphatic hydroxyl groups excluding tert-OH is 1. The smallest absolute Gasteiger partial charge is 0.339 e. The molecule has 1 aromatic rings. The van der Waals surface area contributed by atoms with E-state index in [0.29, 0.717) is 13.2 Å². The lowest BCUT2D eigenvalue weighted by Crippen LogP contribution is -2.20. The van der Waals surface area contributed by atoms with Gasteiger partial charge in [-0.1, -0.05) is 0 Å². The molecule has 1 heterocycles. The highest BCUT2D eigenvalue weighted by Crippen LogP contribution is 2.42. The second kappa shape index (κ2) is 5.75. The topological polar surface area (TPSA) is 65.0 Å². The van der Waals surface area contributed by atoms with E-state index in [9.17, 15) is 14.3 Å². The van der Waals surface area contributed by atoms with E-state index in [-0.39, 0.29) is 28.1 Å². The summed E-state index contributed by atoms with van der Waals surface area (Å²) in [4.78, 5) is 11.4. The summed E-state index contributed by atoms with van der Waals surface area (Å²) in [6.45, 7) is 2.33. The van der Waals surface area contributed by atoms with Crippen molar-refractivity contribution >= 4 is 21.9 Å². The second-order valence-electron chi connectivity index (χ2n) is 3.77. The average molecular weight is 335 g/mol. The molecule has 1 aliphatic heterocycles. The summed E-state index contributed by atoms with van der Waals surface area (Å²) in [5.41, 5.74) is -0.213. The molecule has 1 aliphatic rings. The van der Waals surface area contributed by atoms with Gasteiger partial charge in [0.15, 0.2) is 17.6 Å². The molecule has 104 valence electrons. The number of rotatable bonds is 3. The van der Waals surface area contributed by atoms with Gasteiger partial charge in [-0.2, -0.15) is 0 Å². The number of carbonyl (C=O) groups excluding carboxylic acids is 1. The Balaban J connectivity index is 2.41. The van der Waals surface area contributed by atoms with Crippen molar-refractivity contribution in [3.8, 4) is 11.5 Å². The molecule has 0 spiro atoms. The van der Waals surface area contributed by atoms with Crippen LogP contribution in [-0.4, -0.2) is 30.9 Å². The minimum Gasteiger partial charge on any atom is -0.486 e. The highest BCUT2D eigenvalue weighted by Gasteiger charge is 2.29. The Kier molecular flexibility index (Phi) is 4.26. The van der Waals surface area contributed by atoms with Crippen LogP contribution >= 0.6 is 15.9 Å². The van der Waals surface area contributed by atoms with Gasteiger partial charge in [0.2, 0.25) is 0 Å². The number of ether oxygens (including phenoxy) is 3. The molecule has 0 saturated heterocycles. The Bertz CT molecular complexity index is 505. The summed E-state index contributed by atoms with van der Waals surface area (Å²) >= 11 is 3.03. The molecule has 0 amide bonds. The summed E-state index contributed by atoms with van der Waals surface area (Å²) in [5.74, 6) is -1.18. The van der Waals surface area contributed by atoms with Crippen molar-refractivity contribution in [3.63, 3.8) is 0 Å². The Morgan fingerprint density at radius 2 is 2.26 bits per heavy atom. The van der Waals surface area contributed by atoms with Crippen LogP contribution in [0.3, 0.4) is 0 Å². The number of hydrogen-bond donors (Lipinski definition) is 1. The van der Waals surface area contributed by atoms with E-state index < -0.39 is 17.9 Å². The lowest BCUT2D eigenvalue weighted by atomic mass is 10.1. The molecule has 1 aromatic carbocycles. The molecule has 0 aromatic heterocycles. The van der Waals surface area contributed by atoms with Crippen LogP contribution < -0.4 is 9.47 Å². The van der Waals surface area contributed by atoms with Gasteiger partial charge in [-0.3, -0.25) is 0 Å². The van der Waals surface area contributed by atoms with Gasteiger partial charge in [-0.05, 0) is 28.9 Å². The molecule has 1 atom stereocenters. The third-order valence-electron chi connectivity index (χ3n) is 2.55. The Morgan fingerprint density at radius 1 is 1.58 bits per heavy atom. The molecule has 0 radical (unpaired) electrons. The maximum absolute atomic E-state index is 14.1. The fraction of sp³-hybridized carbons (Fsp3) is 0.417. The maximum Gasteiger partial charge on any atom is 0.339 e. The highest BCUT2D eigenvalue weighted by molar-refractivity contribution is 9.10. The van der Waals surface area contributed by atoms with Crippen molar-refractivity contribution in [2.75, 3.05) is 19.8 Å². The molecule has 1 unspecified atom stereocenters. The number of halogens is 2. The van der Waals surface area contributed by atoms with Gasteiger partial charge in [-0.15, -0.1) is 0 Å². The van der Waals surface area contributed by atoms with Gasteiger partial charge in [0.1, 0.15) is 19.0 Å². The van der Waals surface area contributed by atoms with E-state index in [1.807, 2.05) is 0 Å². The molecule has 5 nitrogen and oxygen atoms in total. The standard InChI is InChI=1S/C12H12BrFO5/c1-2-17-12(16)10(15)6-5-7-11(8(13)9(6)14)19-4-3-18-7/h5,10,15H,2-4H2,1H3. The van der Waals surface area contributed by atoms with E-state index in [1.165, 1.54) is 6.07 Å². The monoisotopic (exact) mass is 334 g/mol. The van der Waals surface area contributed by atoms with Crippen molar-refractivity contribution in [3.05, 3.63) is 21.9 Å². The number of esters is 1. The summed E-state index contributed by atoms with van der Waals surface area (Å²) in [6, 6.07) is 1.25. The van der Waals surface area contributed by atoms with Crippen LogP contribution in [0.25, 0.3) is 0 Å². The number of carbonyl (C=O) groups is 1. The van der Waals surface area contributed by atoms with Gasteiger partial charge < -0.3 is 19.3 Å². The normalized spacial score (nSPS) is 14.9. The predicted octanol–water partition coefficient (Wildman–Crippen LogP) is 1.96. The van der Waals surface area contributed by atoms with Gasteiger partial charge in [-0.25, -0.2) is 9.18 Å². The fourth-order valence-electron chi connectivity index (χ4n) is 1.69. The molecular formula is C12H12BrFO5. The molecule has 0 saturated carbocycles. The van der Waals surface area contributed by atoms with Gasteiger partial charge >= 0.3 is 5.97 Å². The van der Waals surface area contributed by atoms with Crippen LogP contribution in [-0.2, 0) is 9.53 Å². The molecule has 0 bridgehead atoms. The van der Waals surface area contributed by atoms with Gasteiger partial charge in [0, 0.05) is 5.56 Å². The van der Waals surface area contributed by atoms with Gasteiger partial charge in [0.05, 0.1) is 11.1 Å². The lowest BCUT2D eigenvalue weighted by molar-refractivity contribution is -0.153. The highest BCUT2D eigenvalue weighted by atomic mass is 79.9. The summed E-state index contributed by atoms with van der Waals surface area (Å²) < 4.78 is 29.3. The quantitative estimate of drug-likeness (QED) is 0.856. The third-order valence-corrected chi connectivity index (χ3v) is 3.26. The molecule has 0 fully saturated rings. The van der Waals surface area contributed by atoms with Crippen LogP contribution in [0.15, 0.2) is 10.5 Å². The average Bonchev–Trinajstić information content (AvgIpc) is 2.42. The molecule has 0 aliphatic carbocycles. The molecule has 19 heavy (non-hydrogen) atoms. The Morgan fingerprint density at radius 3 is 2.95 bits per heavy atom. The number of hydrogen-bond acceptors (Lipinski definition) is 5. The minimum absolute atomic E-state index is 0.0167. The summed E-state index contributed by atoms with van der Waals surface area (Å²) in [5, 5.41) is 9.80. The zero-order chi connectivity index (χ0) is 14.0. The minimum atomic E-state index is -1.70. The number of fused-ring (bicyclic) bond motifs is 1.